The fourth-order valence-electron chi connectivity index (χ4n) is 2.56. The van der Waals surface area contributed by atoms with Gasteiger partial charge in [-0.05, 0) is 19.8 Å². The Morgan fingerprint density at radius 2 is 2.32 bits per heavy atom. The highest BCUT2D eigenvalue weighted by atomic mass is 16.3. The molecule has 0 bridgehead atoms. The van der Waals surface area contributed by atoms with E-state index >= 15 is 0 Å². The summed E-state index contributed by atoms with van der Waals surface area (Å²) in [5.41, 5.74) is -1.56. The summed E-state index contributed by atoms with van der Waals surface area (Å²) >= 11 is 0. The van der Waals surface area contributed by atoms with Crippen molar-refractivity contribution in [1.29, 1.82) is 0 Å². The van der Waals surface area contributed by atoms with Crippen molar-refractivity contribution in [3.8, 4) is 12.3 Å². The Kier molecular flexibility index (Phi) is 3.35. The monoisotopic (exact) mass is 264 g/mol. The summed E-state index contributed by atoms with van der Waals surface area (Å²) in [5, 5.41) is 19.4. The number of nitrogens with zero attached hydrogens (tertiary/aromatic N) is 1. The topological polar surface area (TPSA) is 95.3 Å². The molecule has 19 heavy (non-hydrogen) atoms. The predicted octanol–water partition coefficient (Wildman–Crippen LogP) is -0.847. The van der Waals surface area contributed by atoms with Crippen LogP contribution in [0.15, 0.2) is 15.8 Å². The minimum absolute atomic E-state index is 0.274. The highest BCUT2D eigenvalue weighted by Gasteiger charge is 2.46. The van der Waals surface area contributed by atoms with Crippen LogP contribution in [0, 0.1) is 24.7 Å². The molecule has 3 N–H and O–H groups in total. The van der Waals surface area contributed by atoms with Crippen LogP contribution in [0.5, 0.6) is 0 Å². The van der Waals surface area contributed by atoms with E-state index in [4.69, 9.17) is 6.42 Å². The fraction of sp³-hybridized carbons (Fsp3) is 0.538. The average Bonchev–Trinajstić information content (AvgIpc) is 2.71. The smallest absolute Gasteiger partial charge is 0.328 e. The molecule has 1 aliphatic carbocycles. The summed E-state index contributed by atoms with van der Waals surface area (Å²) in [6, 6.07) is -0.332. The fourth-order valence-corrected chi connectivity index (χ4v) is 2.56. The number of aryl methyl sites for hydroxylation is 1. The quantitative estimate of drug-likeness (QED) is 0.606. The largest absolute Gasteiger partial charge is 0.395 e. The van der Waals surface area contributed by atoms with Crippen molar-refractivity contribution >= 4 is 0 Å². The van der Waals surface area contributed by atoms with Gasteiger partial charge in [0.05, 0.1) is 18.1 Å². The third kappa shape index (κ3) is 2.11. The van der Waals surface area contributed by atoms with Gasteiger partial charge in [0.2, 0.25) is 0 Å². The normalized spacial score (nSPS) is 30.2. The SMILES string of the molecule is C#C[C@]1(CO)C[C@@H](n2cc(C)c(=O)[nH]c2=O)C[C@@H]1O. The van der Waals surface area contributed by atoms with Gasteiger partial charge in [-0.3, -0.25) is 14.3 Å². The summed E-state index contributed by atoms with van der Waals surface area (Å²) in [5.74, 6) is 2.43. The van der Waals surface area contributed by atoms with E-state index in [9.17, 15) is 19.8 Å². The van der Waals surface area contributed by atoms with Gasteiger partial charge in [0, 0.05) is 17.8 Å². The summed E-state index contributed by atoms with van der Waals surface area (Å²) in [4.78, 5) is 25.3. The Bertz CT molecular complexity index is 639. The second-order valence-electron chi connectivity index (χ2n) is 5.05. The van der Waals surface area contributed by atoms with Crippen molar-refractivity contribution in [3.05, 3.63) is 32.6 Å². The van der Waals surface area contributed by atoms with E-state index in [0.717, 1.165) is 0 Å². The second kappa shape index (κ2) is 4.68. The Balaban J connectivity index is 2.42. The van der Waals surface area contributed by atoms with E-state index in [-0.39, 0.29) is 19.1 Å². The molecule has 0 amide bonds. The molecular formula is C13H16N2O4. The molecule has 6 nitrogen and oxygen atoms in total. The van der Waals surface area contributed by atoms with Gasteiger partial charge >= 0.3 is 5.69 Å². The molecule has 1 aliphatic rings. The van der Waals surface area contributed by atoms with Crippen molar-refractivity contribution in [2.24, 2.45) is 5.41 Å². The van der Waals surface area contributed by atoms with Gasteiger partial charge in [0.25, 0.3) is 5.56 Å². The second-order valence-corrected chi connectivity index (χ2v) is 5.05. The molecule has 6 heteroatoms. The summed E-state index contributed by atoms with van der Waals surface area (Å²) in [7, 11) is 0. The maximum absolute atomic E-state index is 11.8. The molecule has 0 aliphatic heterocycles. The van der Waals surface area contributed by atoms with E-state index in [0.29, 0.717) is 12.0 Å². The lowest BCUT2D eigenvalue weighted by molar-refractivity contribution is 0.0475. The molecule has 3 atom stereocenters. The van der Waals surface area contributed by atoms with Crippen molar-refractivity contribution < 1.29 is 10.2 Å². The van der Waals surface area contributed by atoms with Gasteiger partial charge in [-0.25, -0.2) is 4.79 Å². The van der Waals surface area contributed by atoms with Crippen molar-refractivity contribution in [2.45, 2.75) is 31.9 Å². The lowest BCUT2D eigenvalue weighted by atomic mass is 9.86. The number of nitrogens with one attached hydrogen (secondary N) is 1. The number of aliphatic hydroxyl groups is 2. The Morgan fingerprint density at radius 1 is 1.63 bits per heavy atom. The van der Waals surface area contributed by atoms with Crippen LogP contribution in [-0.4, -0.2) is 32.5 Å². The number of hydrogen-bond acceptors (Lipinski definition) is 4. The van der Waals surface area contributed by atoms with E-state index in [1.54, 1.807) is 6.92 Å². The van der Waals surface area contributed by atoms with Gasteiger partial charge in [0.15, 0.2) is 0 Å². The number of rotatable bonds is 2. The first-order valence-corrected chi connectivity index (χ1v) is 6.02. The Hall–Kier alpha value is -1.84. The van der Waals surface area contributed by atoms with Crippen LogP contribution in [-0.2, 0) is 0 Å². The van der Waals surface area contributed by atoms with Crippen LogP contribution in [0.2, 0.25) is 0 Å². The molecule has 0 radical (unpaired) electrons. The predicted molar refractivity (Wildman–Crippen MR) is 68.7 cm³/mol. The number of aliphatic hydroxyl groups excluding tert-OH is 2. The highest BCUT2D eigenvalue weighted by Crippen LogP contribution is 2.43. The zero-order chi connectivity index (χ0) is 14.2. The lowest BCUT2D eigenvalue weighted by Crippen LogP contribution is -2.33. The van der Waals surface area contributed by atoms with Gasteiger partial charge in [0.1, 0.15) is 0 Å². The average molecular weight is 264 g/mol. The maximum atomic E-state index is 11.8. The summed E-state index contributed by atoms with van der Waals surface area (Å²) < 4.78 is 1.37. The number of H-pyrrole nitrogens is 1. The van der Waals surface area contributed by atoms with E-state index in [1.165, 1.54) is 10.8 Å². The molecule has 1 aromatic heterocycles. The Morgan fingerprint density at radius 3 is 2.84 bits per heavy atom. The van der Waals surface area contributed by atoms with Crippen LogP contribution in [0.3, 0.4) is 0 Å². The lowest BCUT2D eigenvalue weighted by Gasteiger charge is -2.23. The molecule has 0 spiro atoms. The van der Waals surface area contributed by atoms with Crippen molar-refractivity contribution in [1.82, 2.24) is 9.55 Å². The first-order valence-electron chi connectivity index (χ1n) is 6.02. The summed E-state index contributed by atoms with van der Waals surface area (Å²) in [6.07, 6.45) is 6.55. The first kappa shape index (κ1) is 13.6. The molecule has 0 aromatic carbocycles. The molecule has 1 fully saturated rings. The molecule has 2 rings (SSSR count). The number of hydrogen-bond donors (Lipinski definition) is 3. The van der Waals surface area contributed by atoms with Gasteiger partial charge in [-0.2, -0.15) is 0 Å². The minimum Gasteiger partial charge on any atom is -0.395 e. The van der Waals surface area contributed by atoms with E-state index in [1.807, 2.05) is 0 Å². The number of aromatic nitrogens is 2. The molecule has 1 saturated carbocycles. The van der Waals surface area contributed by atoms with E-state index in [2.05, 4.69) is 10.9 Å². The molecule has 102 valence electrons. The summed E-state index contributed by atoms with van der Waals surface area (Å²) in [6.45, 7) is 1.26. The minimum atomic E-state index is -1.02. The molecular weight excluding hydrogens is 248 g/mol. The van der Waals surface area contributed by atoms with Gasteiger partial charge < -0.3 is 10.2 Å². The first-order chi connectivity index (χ1) is 8.93. The molecule has 1 heterocycles. The number of terminal acetylenes is 1. The van der Waals surface area contributed by atoms with Crippen molar-refractivity contribution in [3.63, 3.8) is 0 Å². The molecule has 0 unspecified atom stereocenters. The zero-order valence-electron chi connectivity index (χ0n) is 10.6. The van der Waals surface area contributed by atoms with Gasteiger partial charge in [-0.1, -0.05) is 5.92 Å². The third-order valence-electron chi connectivity index (χ3n) is 3.84. The van der Waals surface area contributed by atoms with Crippen LogP contribution < -0.4 is 11.2 Å². The zero-order valence-corrected chi connectivity index (χ0v) is 10.6. The Labute approximate surface area is 109 Å². The maximum Gasteiger partial charge on any atom is 0.328 e. The van der Waals surface area contributed by atoms with Crippen LogP contribution >= 0.6 is 0 Å². The molecule has 1 aromatic rings. The molecule has 0 saturated heterocycles. The highest BCUT2D eigenvalue weighted by molar-refractivity contribution is 5.15. The van der Waals surface area contributed by atoms with Gasteiger partial charge in [-0.15, -0.1) is 6.42 Å². The number of aromatic amines is 1. The third-order valence-corrected chi connectivity index (χ3v) is 3.84. The van der Waals surface area contributed by atoms with Crippen LogP contribution in [0.4, 0.5) is 0 Å². The van der Waals surface area contributed by atoms with Crippen LogP contribution in [0.25, 0.3) is 0 Å². The van der Waals surface area contributed by atoms with Crippen molar-refractivity contribution in [2.75, 3.05) is 6.61 Å². The standard InChI is InChI=1S/C13H16N2O4/c1-3-13(7-16)5-9(4-10(13)17)15-6-8(2)11(18)14-12(15)19/h1,6,9-10,16-17H,4-5,7H2,2H3,(H,14,18,19)/t9-,10-,13+/m0/s1. The van der Waals surface area contributed by atoms with Crippen LogP contribution in [0.1, 0.15) is 24.4 Å². The van der Waals surface area contributed by atoms with E-state index < -0.39 is 22.8 Å².